The van der Waals surface area contributed by atoms with Crippen molar-refractivity contribution in [2.24, 2.45) is 0 Å². The van der Waals surface area contributed by atoms with Crippen molar-refractivity contribution >= 4 is 63.8 Å². The molecular weight excluding hydrogens is 539 g/mol. The Labute approximate surface area is 253 Å². The zero-order chi connectivity index (χ0) is 28.3. The molecule has 0 N–H and O–H groups in total. The van der Waals surface area contributed by atoms with Gasteiger partial charge in [-0.05, 0) is 73.3 Å². The maximum absolute atomic E-state index is 5.11. The van der Waals surface area contributed by atoms with Gasteiger partial charge in [0, 0.05) is 37.5 Å². The van der Waals surface area contributed by atoms with Crippen LogP contribution in [0.2, 0.25) is 0 Å². The Bertz CT molecular complexity index is 2430. The smallest absolute Gasteiger partial charge is 0.0714 e. The van der Waals surface area contributed by atoms with E-state index in [4.69, 9.17) is 4.98 Å². The summed E-state index contributed by atoms with van der Waals surface area (Å²) in [5.41, 5.74) is 6.99. The molecule has 9 rings (SSSR count). The third-order valence-electron chi connectivity index (χ3n) is 8.71. The van der Waals surface area contributed by atoms with E-state index in [1.165, 1.54) is 74.7 Å². The van der Waals surface area contributed by atoms with Crippen LogP contribution in [-0.4, -0.2) is 4.98 Å². The van der Waals surface area contributed by atoms with Gasteiger partial charge in [-0.25, -0.2) is 0 Å². The van der Waals surface area contributed by atoms with Crippen LogP contribution >= 0.6 is 11.3 Å². The fraction of sp³-hybridized carbons (Fsp3) is 0. The summed E-state index contributed by atoms with van der Waals surface area (Å²) in [5.74, 6) is 0. The Morgan fingerprint density at radius 3 is 1.70 bits per heavy atom. The summed E-state index contributed by atoms with van der Waals surface area (Å²) in [4.78, 5) is 5.11. The molecule has 0 aliphatic rings. The molecule has 0 spiro atoms. The Kier molecular flexibility index (Phi) is 5.44. The molecular formula is C41H25NS. The second-order valence-corrected chi connectivity index (χ2v) is 12.2. The number of nitrogens with zero attached hydrogens (tertiary/aromatic N) is 1. The molecule has 0 unspecified atom stereocenters. The van der Waals surface area contributed by atoms with Crippen LogP contribution in [0.25, 0.3) is 86.0 Å². The first-order valence-corrected chi connectivity index (χ1v) is 15.4. The van der Waals surface area contributed by atoms with Crippen LogP contribution < -0.4 is 0 Å². The molecule has 0 radical (unpaired) electrons. The Morgan fingerprint density at radius 1 is 0.395 bits per heavy atom. The van der Waals surface area contributed by atoms with E-state index in [1.807, 2.05) is 17.5 Å². The number of hydrogen-bond donors (Lipinski definition) is 0. The van der Waals surface area contributed by atoms with Crippen molar-refractivity contribution in [2.45, 2.75) is 0 Å². The van der Waals surface area contributed by atoms with Crippen LogP contribution in [0.1, 0.15) is 0 Å². The highest BCUT2D eigenvalue weighted by atomic mass is 32.1. The highest BCUT2D eigenvalue weighted by Gasteiger charge is 2.17. The number of hydrogen-bond acceptors (Lipinski definition) is 2. The fourth-order valence-corrected chi connectivity index (χ4v) is 7.86. The normalized spacial score (nSPS) is 11.7. The Morgan fingerprint density at radius 2 is 1.00 bits per heavy atom. The number of fused-ring (bicyclic) bond motifs is 7. The largest absolute Gasteiger partial charge is 0.256 e. The van der Waals surface area contributed by atoms with E-state index in [2.05, 4.69) is 146 Å². The Hall–Kier alpha value is -5.31. The molecule has 7 aromatic carbocycles. The lowest BCUT2D eigenvalue weighted by molar-refractivity contribution is 1.34. The maximum atomic E-state index is 5.11. The number of rotatable bonds is 3. The molecule has 0 aliphatic heterocycles. The van der Waals surface area contributed by atoms with E-state index < -0.39 is 0 Å². The summed E-state index contributed by atoms with van der Waals surface area (Å²) in [6.45, 7) is 0. The van der Waals surface area contributed by atoms with Crippen molar-refractivity contribution in [1.29, 1.82) is 0 Å². The quantitative estimate of drug-likeness (QED) is 0.195. The lowest BCUT2D eigenvalue weighted by Gasteiger charge is -2.17. The van der Waals surface area contributed by atoms with Crippen LogP contribution in [-0.2, 0) is 0 Å². The summed E-state index contributed by atoms with van der Waals surface area (Å²) >= 11 is 1.87. The molecule has 0 atom stereocenters. The number of benzene rings is 7. The Balaban J connectivity index is 1.22. The summed E-state index contributed by atoms with van der Waals surface area (Å²) < 4.78 is 2.65. The topological polar surface area (TPSA) is 12.9 Å². The van der Waals surface area contributed by atoms with Crippen molar-refractivity contribution in [3.8, 4) is 33.5 Å². The van der Waals surface area contributed by atoms with Crippen molar-refractivity contribution in [1.82, 2.24) is 4.98 Å². The van der Waals surface area contributed by atoms with Crippen LogP contribution in [0.15, 0.2) is 152 Å². The zero-order valence-corrected chi connectivity index (χ0v) is 24.1. The van der Waals surface area contributed by atoms with Gasteiger partial charge in [0.1, 0.15) is 0 Å². The van der Waals surface area contributed by atoms with Crippen LogP contribution in [0.3, 0.4) is 0 Å². The molecule has 0 saturated heterocycles. The lowest BCUT2D eigenvalue weighted by atomic mass is 9.87. The monoisotopic (exact) mass is 563 g/mol. The number of thiophene rings is 1. The molecule has 1 nitrogen and oxygen atoms in total. The summed E-state index contributed by atoms with van der Waals surface area (Å²) in [7, 11) is 0. The first-order valence-electron chi connectivity index (χ1n) is 14.6. The van der Waals surface area contributed by atoms with Gasteiger partial charge in [-0.15, -0.1) is 11.3 Å². The van der Waals surface area contributed by atoms with Crippen molar-refractivity contribution in [2.75, 3.05) is 0 Å². The molecule has 2 heteroatoms. The molecule has 0 aliphatic carbocycles. The highest BCUT2D eigenvalue weighted by molar-refractivity contribution is 7.26. The average Bonchev–Trinajstić information content (AvgIpc) is 3.46. The molecule has 43 heavy (non-hydrogen) atoms. The third-order valence-corrected chi connectivity index (χ3v) is 9.84. The summed E-state index contributed by atoms with van der Waals surface area (Å²) in [5, 5.41) is 10.2. The van der Waals surface area contributed by atoms with E-state index in [-0.39, 0.29) is 0 Å². The van der Waals surface area contributed by atoms with E-state index >= 15 is 0 Å². The van der Waals surface area contributed by atoms with Crippen LogP contribution in [0.5, 0.6) is 0 Å². The predicted molar refractivity (Wildman–Crippen MR) is 186 cm³/mol. The summed E-state index contributed by atoms with van der Waals surface area (Å²) in [6, 6.07) is 52.7. The maximum Gasteiger partial charge on any atom is 0.0714 e. The second-order valence-electron chi connectivity index (χ2n) is 11.1. The van der Waals surface area contributed by atoms with E-state index in [1.54, 1.807) is 0 Å². The first kappa shape index (κ1) is 24.3. The molecule has 9 aromatic rings. The fourth-order valence-electron chi connectivity index (χ4n) is 6.76. The molecule has 200 valence electrons. The van der Waals surface area contributed by atoms with Crippen LogP contribution in [0, 0.1) is 0 Å². The average molecular weight is 564 g/mol. The molecule has 0 saturated carbocycles. The molecule has 2 aromatic heterocycles. The van der Waals surface area contributed by atoms with Gasteiger partial charge in [-0.2, -0.15) is 0 Å². The van der Waals surface area contributed by atoms with Crippen molar-refractivity contribution in [3.63, 3.8) is 0 Å². The minimum atomic E-state index is 0.990. The predicted octanol–water partition coefficient (Wildman–Crippen LogP) is 11.9. The van der Waals surface area contributed by atoms with Gasteiger partial charge in [-0.3, -0.25) is 4.98 Å². The molecule has 2 heterocycles. The number of aromatic nitrogens is 1. The van der Waals surface area contributed by atoms with E-state index in [0.29, 0.717) is 0 Å². The molecule has 0 fully saturated rings. The van der Waals surface area contributed by atoms with Gasteiger partial charge in [0.2, 0.25) is 0 Å². The van der Waals surface area contributed by atoms with Gasteiger partial charge < -0.3 is 0 Å². The minimum Gasteiger partial charge on any atom is -0.256 e. The van der Waals surface area contributed by atoms with Gasteiger partial charge in [-0.1, -0.05) is 121 Å². The van der Waals surface area contributed by atoms with Crippen molar-refractivity contribution < 1.29 is 0 Å². The van der Waals surface area contributed by atoms with Crippen LogP contribution in [0.4, 0.5) is 0 Å². The SMILES string of the molecule is c1ccc(-c2c3ccccc3c(-c3ccc(-c4ccc5sc6ccc7ccccc7c6c5c4)cn3)c3ccccc23)cc1. The minimum absolute atomic E-state index is 0.990. The van der Waals surface area contributed by atoms with Gasteiger partial charge in [0.15, 0.2) is 0 Å². The standard InChI is InChI=1S/C41H25NS/c1-2-11-27(12-3-1)39-31-14-6-8-16-33(31)40(34-17-9-7-15-32(34)39)36-21-18-29(25-42-36)28-20-22-37-35(24-28)41-30-13-5-4-10-26(30)19-23-38(41)43-37/h1-25H. The second kappa shape index (κ2) is 9.62. The zero-order valence-electron chi connectivity index (χ0n) is 23.3. The third kappa shape index (κ3) is 3.81. The number of pyridine rings is 1. The van der Waals surface area contributed by atoms with E-state index in [0.717, 1.165) is 11.3 Å². The lowest BCUT2D eigenvalue weighted by Crippen LogP contribution is -1.92. The summed E-state index contributed by atoms with van der Waals surface area (Å²) in [6.07, 6.45) is 2.04. The first-order chi connectivity index (χ1) is 21.3. The van der Waals surface area contributed by atoms with E-state index in [9.17, 15) is 0 Å². The molecule has 0 bridgehead atoms. The van der Waals surface area contributed by atoms with Gasteiger partial charge >= 0.3 is 0 Å². The highest BCUT2D eigenvalue weighted by Crippen LogP contribution is 2.44. The van der Waals surface area contributed by atoms with Crippen molar-refractivity contribution in [3.05, 3.63) is 152 Å². The van der Waals surface area contributed by atoms with Gasteiger partial charge in [0.25, 0.3) is 0 Å². The van der Waals surface area contributed by atoms with Gasteiger partial charge in [0.05, 0.1) is 5.69 Å². The molecule has 0 amide bonds.